The number of benzene rings is 3. The van der Waals surface area contributed by atoms with Gasteiger partial charge in [0.1, 0.15) is 5.75 Å². The fraction of sp³-hybridized carbons (Fsp3) is 0.136. The second kappa shape index (κ2) is 8.36. The maximum Gasteiger partial charge on any atom is 0.261 e. The Labute approximate surface area is 170 Å². The van der Waals surface area contributed by atoms with Crippen molar-refractivity contribution in [3.05, 3.63) is 83.4 Å². The van der Waals surface area contributed by atoms with Crippen molar-refractivity contribution in [1.29, 1.82) is 0 Å². The normalized spacial score (nSPS) is 11.0. The molecule has 0 heterocycles. The van der Waals surface area contributed by atoms with E-state index in [0.29, 0.717) is 22.7 Å². The molecule has 3 aromatic rings. The summed E-state index contributed by atoms with van der Waals surface area (Å²) in [7, 11) is -2.20. The molecule has 6 nitrogen and oxygen atoms in total. The average molecular weight is 410 g/mol. The number of sulfonamides is 1. The van der Waals surface area contributed by atoms with E-state index in [1.54, 1.807) is 43.5 Å². The molecule has 0 aliphatic rings. The molecule has 7 heteroatoms. The third-order valence-electron chi connectivity index (χ3n) is 4.51. The molecule has 0 unspecified atom stereocenters. The van der Waals surface area contributed by atoms with Crippen LogP contribution in [0.15, 0.2) is 71.6 Å². The van der Waals surface area contributed by atoms with Crippen LogP contribution in [0.25, 0.3) is 0 Å². The lowest BCUT2D eigenvalue weighted by Crippen LogP contribution is -2.15. The summed E-state index contributed by atoms with van der Waals surface area (Å²) in [5.41, 5.74) is 3.50. The van der Waals surface area contributed by atoms with Crippen molar-refractivity contribution in [3.63, 3.8) is 0 Å². The van der Waals surface area contributed by atoms with Crippen LogP contribution in [0.4, 0.5) is 11.4 Å². The van der Waals surface area contributed by atoms with Gasteiger partial charge < -0.3 is 10.1 Å². The van der Waals surface area contributed by atoms with Gasteiger partial charge in [0.05, 0.1) is 12.0 Å². The number of hydrogen-bond acceptors (Lipinski definition) is 4. The molecule has 29 heavy (non-hydrogen) atoms. The maximum absolute atomic E-state index is 12.6. The number of hydrogen-bond donors (Lipinski definition) is 2. The maximum atomic E-state index is 12.6. The molecule has 1 amide bonds. The molecule has 3 aromatic carbocycles. The first-order valence-corrected chi connectivity index (χ1v) is 10.4. The van der Waals surface area contributed by atoms with E-state index in [0.717, 1.165) is 11.1 Å². The molecule has 0 aliphatic carbocycles. The van der Waals surface area contributed by atoms with E-state index in [1.807, 2.05) is 19.9 Å². The second-order valence-electron chi connectivity index (χ2n) is 6.61. The summed E-state index contributed by atoms with van der Waals surface area (Å²) in [5.74, 6) is 0.283. The number of rotatable bonds is 6. The Morgan fingerprint density at radius 3 is 2.24 bits per heavy atom. The van der Waals surface area contributed by atoms with Gasteiger partial charge in [-0.3, -0.25) is 9.52 Å². The van der Waals surface area contributed by atoms with Gasteiger partial charge in [-0.25, -0.2) is 8.42 Å². The number of carbonyl (C=O) groups excluding carboxylic acids is 1. The lowest BCUT2D eigenvalue weighted by Gasteiger charge is -2.11. The molecule has 0 aromatic heterocycles. The van der Waals surface area contributed by atoms with Crippen LogP contribution in [0.3, 0.4) is 0 Å². The lowest BCUT2D eigenvalue weighted by atomic mass is 10.1. The molecule has 3 rings (SSSR count). The molecule has 2 N–H and O–H groups in total. The zero-order valence-electron chi connectivity index (χ0n) is 16.4. The number of ether oxygens (including phenoxy) is 1. The highest BCUT2D eigenvalue weighted by atomic mass is 32.2. The van der Waals surface area contributed by atoms with E-state index in [4.69, 9.17) is 4.74 Å². The third kappa shape index (κ3) is 4.94. The molecular formula is C22H22N2O4S. The Morgan fingerprint density at radius 1 is 0.862 bits per heavy atom. The first-order chi connectivity index (χ1) is 13.8. The molecule has 0 spiro atoms. The van der Waals surface area contributed by atoms with Crippen molar-refractivity contribution < 1.29 is 17.9 Å². The predicted octanol–water partition coefficient (Wildman–Crippen LogP) is 4.37. The van der Waals surface area contributed by atoms with Crippen LogP contribution in [0, 0.1) is 13.8 Å². The van der Waals surface area contributed by atoms with Crippen molar-refractivity contribution in [1.82, 2.24) is 0 Å². The smallest absolute Gasteiger partial charge is 0.261 e. The first-order valence-electron chi connectivity index (χ1n) is 8.94. The largest absolute Gasteiger partial charge is 0.497 e. The summed E-state index contributed by atoms with van der Waals surface area (Å²) in [6.07, 6.45) is 0. The van der Waals surface area contributed by atoms with Gasteiger partial charge in [-0.05, 0) is 73.5 Å². The van der Waals surface area contributed by atoms with Crippen LogP contribution in [-0.2, 0) is 10.0 Å². The Balaban J connectivity index is 1.74. The fourth-order valence-electron chi connectivity index (χ4n) is 2.71. The van der Waals surface area contributed by atoms with Crippen LogP contribution in [0.5, 0.6) is 5.75 Å². The van der Waals surface area contributed by atoms with Gasteiger partial charge >= 0.3 is 0 Å². The van der Waals surface area contributed by atoms with Crippen molar-refractivity contribution in [2.45, 2.75) is 18.7 Å². The lowest BCUT2D eigenvalue weighted by molar-refractivity contribution is 0.102. The van der Waals surface area contributed by atoms with Gasteiger partial charge in [0.15, 0.2) is 0 Å². The minimum atomic E-state index is -3.75. The molecule has 0 aliphatic heterocycles. The highest BCUT2D eigenvalue weighted by molar-refractivity contribution is 7.92. The van der Waals surface area contributed by atoms with Gasteiger partial charge in [-0.2, -0.15) is 0 Å². The predicted molar refractivity (Wildman–Crippen MR) is 114 cm³/mol. The first kappa shape index (κ1) is 20.4. The summed E-state index contributed by atoms with van der Waals surface area (Å²) < 4.78 is 32.9. The molecule has 0 fully saturated rings. The Bertz CT molecular complexity index is 1140. The molecule has 0 saturated carbocycles. The van der Waals surface area contributed by atoms with E-state index in [1.165, 1.54) is 24.3 Å². The fourth-order valence-corrected chi connectivity index (χ4v) is 3.76. The zero-order chi connectivity index (χ0) is 21.0. The van der Waals surface area contributed by atoms with Crippen LogP contribution in [0.2, 0.25) is 0 Å². The SMILES string of the molecule is COc1cccc(NC(=O)c2ccc(S(=O)(=O)Nc3ccc(C)c(C)c3)cc2)c1. The summed E-state index contributed by atoms with van der Waals surface area (Å²) in [6.45, 7) is 3.88. The number of carbonyl (C=O) groups is 1. The molecule has 0 bridgehead atoms. The van der Waals surface area contributed by atoms with E-state index in [2.05, 4.69) is 10.0 Å². The molecule has 0 saturated heterocycles. The summed E-state index contributed by atoms with van der Waals surface area (Å²) in [4.78, 5) is 12.5. The average Bonchev–Trinajstić information content (AvgIpc) is 2.71. The highest BCUT2D eigenvalue weighted by Crippen LogP contribution is 2.21. The van der Waals surface area contributed by atoms with Gasteiger partial charge in [0.25, 0.3) is 15.9 Å². The van der Waals surface area contributed by atoms with Gasteiger partial charge in [-0.15, -0.1) is 0 Å². The quantitative estimate of drug-likeness (QED) is 0.632. The van der Waals surface area contributed by atoms with Gasteiger partial charge in [-0.1, -0.05) is 12.1 Å². The van der Waals surface area contributed by atoms with E-state index in [9.17, 15) is 13.2 Å². The Hall–Kier alpha value is -3.32. The molecular weight excluding hydrogens is 388 g/mol. The number of amides is 1. The standard InChI is InChI=1S/C22H22N2O4S/c1-15-7-10-19(13-16(15)2)24-29(26,27)21-11-8-17(9-12-21)22(25)23-18-5-4-6-20(14-18)28-3/h4-14,24H,1-3H3,(H,23,25). The summed E-state index contributed by atoms with van der Waals surface area (Å²) >= 11 is 0. The molecule has 0 atom stereocenters. The number of anilines is 2. The van der Waals surface area contributed by atoms with Crippen molar-refractivity contribution >= 4 is 27.3 Å². The summed E-state index contributed by atoms with van der Waals surface area (Å²) in [5, 5.41) is 2.76. The van der Waals surface area contributed by atoms with Crippen LogP contribution >= 0.6 is 0 Å². The Kier molecular flexibility index (Phi) is 5.89. The van der Waals surface area contributed by atoms with Crippen molar-refractivity contribution in [3.8, 4) is 5.75 Å². The number of nitrogens with one attached hydrogen (secondary N) is 2. The van der Waals surface area contributed by atoms with Crippen LogP contribution < -0.4 is 14.8 Å². The van der Waals surface area contributed by atoms with Crippen molar-refractivity contribution in [2.75, 3.05) is 17.1 Å². The summed E-state index contributed by atoms with van der Waals surface area (Å²) in [6, 6.07) is 18.1. The number of methoxy groups -OCH3 is 1. The molecule has 150 valence electrons. The number of aryl methyl sites for hydroxylation is 2. The second-order valence-corrected chi connectivity index (χ2v) is 8.30. The highest BCUT2D eigenvalue weighted by Gasteiger charge is 2.16. The topological polar surface area (TPSA) is 84.5 Å². The van der Waals surface area contributed by atoms with Crippen LogP contribution in [0.1, 0.15) is 21.5 Å². The van der Waals surface area contributed by atoms with E-state index >= 15 is 0 Å². The van der Waals surface area contributed by atoms with Gasteiger partial charge in [0, 0.05) is 23.0 Å². The minimum Gasteiger partial charge on any atom is -0.497 e. The third-order valence-corrected chi connectivity index (χ3v) is 5.91. The van der Waals surface area contributed by atoms with Crippen molar-refractivity contribution in [2.24, 2.45) is 0 Å². The van der Waals surface area contributed by atoms with E-state index < -0.39 is 10.0 Å². The molecule has 0 radical (unpaired) electrons. The zero-order valence-corrected chi connectivity index (χ0v) is 17.2. The van der Waals surface area contributed by atoms with E-state index in [-0.39, 0.29) is 10.8 Å². The minimum absolute atomic E-state index is 0.0775. The Morgan fingerprint density at radius 2 is 1.59 bits per heavy atom. The van der Waals surface area contributed by atoms with Gasteiger partial charge in [0.2, 0.25) is 0 Å². The van der Waals surface area contributed by atoms with Crippen LogP contribution in [-0.4, -0.2) is 21.4 Å². The monoisotopic (exact) mass is 410 g/mol.